The lowest BCUT2D eigenvalue weighted by molar-refractivity contribution is -0.315. The van der Waals surface area contributed by atoms with Gasteiger partial charge in [0.2, 0.25) is 0 Å². The average Bonchev–Trinajstić information content (AvgIpc) is 3.00. The molecule has 0 radical (unpaired) electrons. The lowest BCUT2D eigenvalue weighted by Gasteiger charge is -2.72. The van der Waals surface area contributed by atoms with Gasteiger partial charge in [0.05, 0.1) is 30.3 Å². The number of hydrogen-bond acceptors (Lipinski definition) is 9. The topological polar surface area (TPSA) is 163 Å². The predicted molar refractivity (Wildman–Crippen MR) is 176 cm³/mol. The second kappa shape index (κ2) is 11.7. The average molecular weight is 677 g/mol. The molecule has 6 rings (SSSR count). The van der Waals surface area contributed by atoms with Gasteiger partial charge >= 0.3 is 11.9 Å². The molecule has 16 unspecified atom stereocenters. The molecule has 4 saturated carbocycles. The van der Waals surface area contributed by atoms with E-state index < -0.39 is 71.1 Å². The van der Waals surface area contributed by atoms with E-state index in [0.29, 0.717) is 12.8 Å². The van der Waals surface area contributed by atoms with Crippen molar-refractivity contribution in [1.29, 1.82) is 0 Å². The molecule has 1 heterocycles. The monoisotopic (exact) mass is 676 g/mol. The second-order valence-electron chi connectivity index (χ2n) is 18.3. The van der Waals surface area contributed by atoms with Crippen LogP contribution < -0.4 is 0 Å². The maximum atomic E-state index is 12.4. The normalized spacial score (nSPS) is 54.9. The number of hydrogen-bond donors (Lipinski definition) is 5. The van der Waals surface area contributed by atoms with E-state index in [2.05, 4.69) is 33.8 Å². The van der Waals surface area contributed by atoms with Crippen LogP contribution in [0.4, 0.5) is 0 Å². The minimum absolute atomic E-state index is 0.0521. The number of aliphatic hydroxyl groups is 4. The molecule has 0 amide bonds. The van der Waals surface area contributed by atoms with Gasteiger partial charge in [0.1, 0.15) is 12.2 Å². The van der Waals surface area contributed by atoms with E-state index in [1.54, 1.807) is 6.92 Å². The number of esters is 1. The van der Waals surface area contributed by atoms with Crippen molar-refractivity contribution in [2.45, 2.75) is 156 Å². The quantitative estimate of drug-likeness (QED) is 0.206. The van der Waals surface area contributed by atoms with Crippen molar-refractivity contribution in [2.75, 3.05) is 6.61 Å². The van der Waals surface area contributed by atoms with E-state index in [9.17, 15) is 35.1 Å². The second-order valence-corrected chi connectivity index (χ2v) is 18.3. The van der Waals surface area contributed by atoms with Crippen molar-refractivity contribution < 1.29 is 49.3 Å². The van der Waals surface area contributed by atoms with Gasteiger partial charge in [-0.2, -0.15) is 0 Å². The van der Waals surface area contributed by atoms with Gasteiger partial charge < -0.3 is 39.7 Å². The third-order valence-corrected chi connectivity index (χ3v) is 15.9. The lowest BCUT2D eigenvalue weighted by Crippen LogP contribution is -2.69. The zero-order valence-electron chi connectivity index (χ0n) is 30.2. The minimum Gasteiger partial charge on any atom is -0.481 e. The molecular formula is C38H60O10. The highest BCUT2D eigenvalue weighted by molar-refractivity contribution is 5.74. The Hall–Kier alpha value is -1.56. The SMILES string of the molecule is CC(=O)OC1C(C)OC(OCC2(C)C(O)CC(O)C3(C)C2CCC2(C)C3CC=C3C4CC(C)(C(=O)O)CCC4(C)CCC32C)C(O)C1O. The Morgan fingerprint density at radius 2 is 1.58 bits per heavy atom. The lowest BCUT2D eigenvalue weighted by atomic mass is 9.33. The Morgan fingerprint density at radius 1 is 0.917 bits per heavy atom. The highest BCUT2D eigenvalue weighted by atomic mass is 16.7. The number of ether oxygens (including phenoxy) is 3. The van der Waals surface area contributed by atoms with Gasteiger partial charge in [0.15, 0.2) is 12.4 Å². The fraction of sp³-hybridized carbons (Fsp3) is 0.895. The fourth-order valence-corrected chi connectivity index (χ4v) is 12.3. The molecule has 5 N–H and O–H groups in total. The molecule has 5 fully saturated rings. The van der Waals surface area contributed by atoms with Crippen LogP contribution in [0.2, 0.25) is 0 Å². The Labute approximate surface area is 285 Å². The first-order chi connectivity index (χ1) is 22.2. The van der Waals surface area contributed by atoms with Crippen LogP contribution in [0.5, 0.6) is 0 Å². The number of carboxylic acid groups (broad SMARTS) is 1. The van der Waals surface area contributed by atoms with E-state index in [1.165, 1.54) is 12.5 Å². The van der Waals surface area contributed by atoms with Gasteiger partial charge in [-0.25, -0.2) is 0 Å². The number of allylic oxidation sites excluding steroid dienone is 2. The summed E-state index contributed by atoms with van der Waals surface area (Å²) in [6, 6.07) is 0. The van der Waals surface area contributed by atoms with Crippen LogP contribution in [0.25, 0.3) is 0 Å². The van der Waals surface area contributed by atoms with E-state index >= 15 is 0 Å². The molecule has 1 aliphatic heterocycles. The molecule has 272 valence electrons. The Kier molecular flexibility index (Phi) is 8.86. The maximum Gasteiger partial charge on any atom is 0.309 e. The molecule has 0 spiro atoms. The molecule has 0 bridgehead atoms. The Morgan fingerprint density at radius 3 is 2.23 bits per heavy atom. The first kappa shape index (κ1) is 36.2. The summed E-state index contributed by atoms with van der Waals surface area (Å²) in [5.74, 6) is -1.04. The van der Waals surface area contributed by atoms with Crippen molar-refractivity contribution in [2.24, 2.45) is 50.2 Å². The van der Waals surface area contributed by atoms with E-state index in [-0.39, 0.29) is 47.0 Å². The molecule has 6 aliphatic rings. The summed E-state index contributed by atoms with van der Waals surface area (Å²) in [6.07, 6.45) is 2.12. The first-order valence-electron chi connectivity index (χ1n) is 18.3. The Balaban J connectivity index is 1.29. The van der Waals surface area contributed by atoms with Crippen LogP contribution in [-0.2, 0) is 23.8 Å². The van der Waals surface area contributed by atoms with Gasteiger partial charge in [0, 0.05) is 24.2 Å². The van der Waals surface area contributed by atoms with E-state index in [4.69, 9.17) is 14.2 Å². The van der Waals surface area contributed by atoms with Crippen molar-refractivity contribution >= 4 is 11.9 Å². The van der Waals surface area contributed by atoms with Gasteiger partial charge in [-0.1, -0.05) is 46.3 Å². The summed E-state index contributed by atoms with van der Waals surface area (Å²) in [5.41, 5.74) is -0.807. The smallest absolute Gasteiger partial charge is 0.309 e. The molecule has 0 aromatic rings. The fourth-order valence-electron chi connectivity index (χ4n) is 12.3. The van der Waals surface area contributed by atoms with E-state index in [0.717, 1.165) is 38.5 Å². The summed E-state index contributed by atoms with van der Waals surface area (Å²) in [7, 11) is 0. The summed E-state index contributed by atoms with van der Waals surface area (Å²) in [5, 5.41) is 55.5. The standard InChI is InChI=1S/C38H60O10/c1-20-30(48-21(2)39)28(42)29(43)31(47-20)46-19-35(5)24-11-12-37(7)25(38(24,8)27(41)17-26(35)40)10-9-22-23-18-34(4,32(44)45)14-13-33(23,3)15-16-36(22,37)6/h9,20,23-31,40-43H,10-19H2,1-8H3,(H,44,45). The van der Waals surface area contributed by atoms with Crippen LogP contribution in [-0.4, -0.2) is 87.0 Å². The number of aliphatic carboxylic acids is 1. The number of rotatable bonds is 5. The molecule has 0 aromatic heterocycles. The van der Waals surface area contributed by atoms with Crippen LogP contribution >= 0.6 is 0 Å². The molecule has 0 aromatic carbocycles. The van der Waals surface area contributed by atoms with Crippen molar-refractivity contribution in [3.05, 3.63) is 11.6 Å². The van der Waals surface area contributed by atoms with Crippen molar-refractivity contribution in [3.8, 4) is 0 Å². The number of aliphatic hydroxyl groups excluding tert-OH is 4. The summed E-state index contributed by atoms with van der Waals surface area (Å²) < 4.78 is 17.3. The summed E-state index contributed by atoms with van der Waals surface area (Å²) in [6.45, 7) is 16.3. The molecule has 16 atom stereocenters. The zero-order valence-corrected chi connectivity index (χ0v) is 30.2. The summed E-state index contributed by atoms with van der Waals surface area (Å²) >= 11 is 0. The van der Waals surface area contributed by atoms with Crippen LogP contribution in [0.15, 0.2) is 11.6 Å². The van der Waals surface area contributed by atoms with E-state index in [1.807, 2.05) is 13.8 Å². The largest absolute Gasteiger partial charge is 0.481 e. The first-order valence-corrected chi connectivity index (χ1v) is 18.3. The minimum atomic E-state index is -1.46. The maximum absolute atomic E-state index is 12.4. The van der Waals surface area contributed by atoms with Crippen LogP contribution in [0.3, 0.4) is 0 Å². The van der Waals surface area contributed by atoms with Gasteiger partial charge in [0.25, 0.3) is 0 Å². The Bertz CT molecular complexity index is 1330. The number of carboxylic acids is 1. The predicted octanol–water partition coefficient (Wildman–Crippen LogP) is 4.60. The van der Waals surface area contributed by atoms with Gasteiger partial charge in [-0.3, -0.25) is 9.59 Å². The zero-order chi connectivity index (χ0) is 35.4. The van der Waals surface area contributed by atoms with Crippen LogP contribution in [0, 0.1) is 50.2 Å². The molecule has 5 aliphatic carbocycles. The van der Waals surface area contributed by atoms with Gasteiger partial charge in [-0.05, 0) is 99.2 Å². The highest BCUT2D eigenvalue weighted by Crippen LogP contribution is 2.75. The molecular weight excluding hydrogens is 616 g/mol. The molecule has 10 heteroatoms. The third-order valence-electron chi connectivity index (χ3n) is 15.9. The molecule has 1 saturated heterocycles. The number of carbonyl (C=O) groups is 2. The summed E-state index contributed by atoms with van der Waals surface area (Å²) in [4.78, 5) is 24.0. The van der Waals surface area contributed by atoms with Crippen molar-refractivity contribution in [3.63, 3.8) is 0 Å². The number of fused-ring (bicyclic) bond motifs is 7. The highest BCUT2D eigenvalue weighted by Gasteiger charge is 2.71. The third kappa shape index (κ3) is 5.01. The molecule has 10 nitrogen and oxygen atoms in total. The van der Waals surface area contributed by atoms with Crippen molar-refractivity contribution in [1.82, 2.24) is 0 Å². The number of carbonyl (C=O) groups excluding carboxylic acids is 1. The van der Waals surface area contributed by atoms with Crippen LogP contribution in [0.1, 0.15) is 113 Å². The van der Waals surface area contributed by atoms with Gasteiger partial charge in [-0.15, -0.1) is 0 Å². The molecule has 48 heavy (non-hydrogen) atoms.